The van der Waals surface area contributed by atoms with Crippen LogP contribution in [-0.2, 0) is 21.4 Å². The first-order chi connectivity index (χ1) is 16.5. The van der Waals surface area contributed by atoms with Gasteiger partial charge in [-0.15, -0.1) is 0 Å². The number of benzene rings is 3. The fourth-order valence-electron chi connectivity index (χ4n) is 3.85. The first kappa shape index (κ1) is 26.2. The van der Waals surface area contributed by atoms with Gasteiger partial charge in [0.15, 0.2) is 6.61 Å². The van der Waals surface area contributed by atoms with Gasteiger partial charge in [-0.05, 0) is 80.3 Å². The van der Waals surface area contributed by atoms with E-state index < -0.39 is 15.8 Å². The summed E-state index contributed by atoms with van der Waals surface area (Å²) >= 11 is 0. The molecule has 0 fully saturated rings. The van der Waals surface area contributed by atoms with Crippen molar-refractivity contribution >= 4 is 21.6 Å². The summed E-state index contributed by atoms with van der Waals surface area (Å²) in [5.74, 6) is -0.327. The minimum absolute atomic E-state index is 0.135. The molecule has 0 heterocycles. The van der Waals surface area contributed by atoms with Crippen LogP contribution in [0.2, 0.25) is 0 Å². The highest BCUT2D eigenvalue weighted by molar-refractivity contribution is 7.92. The molecule has 3 rings (SSSR count). The molecule has 1 amide bonds. The predicted molar refractivity (Wildman–Crippen MR) is 137 cm³/mol. The van der Waals surface area contributed by atoms with Gasteiger partial charge >= 0.3 is 0 Å². The minimum Gasteiger partial charge on any atom is -0.484 e. The van der Waals surface area contributed by atoms with Crippen molar-refractivity contribution in [2.24, 2.45) is 0 Å². The number of nitrogens with zero attached hydrogens (tertiary/aromatic N) is 1. The fraction of sp³-hybridized carbons (Fsp3) is 0.296. The molecular weight excluding hydrogens is 467 g/mol. The molecule has 0 aliphatic carbocycles. The molecule has 1 N–H and O–H groups in total. The number of anilines is 1. The molecule has 0 spiro atoms. The lowest BCUT2D eigenvalue weighted by atomic mass is 9.96. The molecule has 3 aromatic carbocycles. The summed E-state index contributed by atoms with van der Waals surface area (Å²) in [6.07, 6.45) is 1.07. The molecule has 0 aliphatic heterocycles. The summed E-state index contributed by atoms with van der Waals surface area (Å²) in [4.78, 5) is 12.4. The number of carbonyl (C=O) groups excluding carboxylic acids is 1. The molecule has 0 saturated heterocycles. The van der Waals surface area contributed by atoms with E-state index in [1.165, 1.54) is 17.2 Å². The molecule has 0 bridgehead atoms. The Bertz CT molecular complexity index is 1310. The van der Waals surface area contributed by atoms with Crippen molar-refractivity contribution in [1.29, 1.82) is 0 Å². The zero-order valence-corrected chi connectivity index (χ0v) is 21.4. The molecule has 0 radical (unpaired) electrons. The topological polar surface area (TPSA) is 75.7 Å². The molecule has 1 atom stereocenters. The molecule has 1 unspecified atom stereocenters. The number of hydrogen-bond acceptors (Lipinski definition) is 4. The van der Waals surface area contributed by atoms with Gasteiger partial charge in [-0.3, -0.25) is 9.10 Å². The van der Waals surface area contributed by atoms with Crippen LogP contribution < -0.4 is 14.4 Å². The highest BCUT2D eigenvalue weighted by Gasteiger charge is 2.20. The Morgan fingerprint density at radius 3 is 2.26 bits per heavy atom. The van der Waals surface area contributed by atoms with Gasteiger partial charge in [-0.1, -0.05) is 30.3 Å². The number of ether oxygens (including phenoxy) is 1. The third kappa shape index (κ3) is 6.82. The zero-order chi connectivity index (χ0) is 25.8. The lowest BCUT2D eigenvalue weighted by Gasteiger charge is -2.23. The number of aryl methyl sites for hydroxylation is 3. The van der Waals surface area contributed by atoms with Gasteiger partial charge < -0.3 is 10.1 Å². The first-order valence-electron chi connectivity index (χ1n) is 11.3. The molecule has 0 aliphatic rings. The van der Waals surface area contributed by atoms with E-state index in [0.717, 1.165) is 21.7 Å². The molecule has 0 aromatic heterocycles. The van der Waals surface area contributed by atoms with Crippen molar-refractivity contribution in [3.05, 3.63) is 94.3 Å². The molecule has 0 saturated carbocycles. The normalized spacial score (nSPS) is 12.2. The van der Waals surface area contributed by atoms with E-state index in [-0.39, 0.29) is 30.7 Å². The Morgan fingerprint density at radius 2 is 1.63 bits per heavy atom. The van der Waals surface area contributed by atoms with Gasteiger partial charge in [0.05, 0.1) is 24.5 Å². The second kappa shape index (κ2) is 10.9. The van der Waals surface area contributed by atoms with E-state index in [9.17, 15) is 17.6 Å². The second-order valence-electron chi connectivity index (χ2n) is 8.73. The first-order valence-corrected chi connectivity index (χ1v) is 13.1. The SMILES string of the molecule is Cc1cc(C)c(C(C)NC(=O)COc2ccc(N(Cc3ccccc3F)S(C)(=O)=O)cc2)cc1C. The highest BCUT2D eigenvalue weighted by atomic mass is 32.2. The van der Waals surface area contributed by atoms with Crippen LogP contribution in [0.4, 0.5) is 10.1 Å². The molecule has 35 heavy (non-hydrogen) atoms. The van der Waals surface area contributed by atoms with Crippen LogP contribution in [0.15, 0.2) is 60.7 Å². The van der Waals surface area contributed by atoms with Gasteiger partial charge in [0.25, 0.3) is 5.91 Å². The smallest absolute Gasteiger partial charge is 0.258 e. The highest BCUT2D eigenvalue weighted by Crippen LogP contribution is 2.25. The van der Waals surface area contributed by atoms with E-state index in [4.69, 9.17) is 4.74 Å². The van der Waals surface area contributed by atoms with Crippen molar-refractivity contribution < 1.29 is 22.3 Å². The van der Waals surface area contributed by atoms with E-state index in [2.05, 4.69) is 24.4 Å². The van der Waals surface area contributed by atoms with Crippen molar-refractivity contribution in [2.75, 3.05) is 17.2 Å². The standard InChI is InChI=1S/C27H31FN2O4S/c1-18-14-20(3)25(15-19(18)2)21(4)29-27(31)17-34-24-12-10-23(11-13-24)30(35(5,32)33)16-22-8-6-7-9-26(22)28/h6-15,21H,16-17H2,1-5H3,(H,29,31). The van der Waals surface area contributed by atoms with Crippen LogP contribution in [-0.4, -0.2) is 27.2 Å². The monoisotopic (exact) mass is 498 g/mol. The third-order valence-corrected chi connectivity index (χ3v) is 7.03. The summed E-state index contributed by atoms with van der Waals surface area (Å²) in [5.41, 5.74) is 5.18. The fourth-order valence-corrected chi connectivity index (χ4v) is 4.73. The van der Waals surface area contributed by atoms with E-state index in [1.807, 2.05) is 20.8 Å². The van der Waals surface area contributed by atoms with Crippen molar-refractivity contribution in [2.45, 2.75) is 40.3 Å². The Labute approximate surface area is 206 Å². The number of nitrogens with one attached hydrogen (secondary N) is 1. The number of carbonyl (C=O) groups is 1. The minimum atomic E-state index is -3.66. The van der Waals surface area contributed by atoms with Crippen molar-refractivity contribution in [1.82, 2.24) is 5.32 Å². The van der Waals surface area contributed by atoms with Crippen LogP contribution in [0.3, 0.4) is 0 Å². The number of sulfonamides is 1. The summed E-state index contributed by atoms with van der Waals surface area (Å²) in [6.45, 7) is 7.74. The second-order valence-corrected chi connectivity index (χ2v) is 10.6. The summed E-state index contributed by atoms with van der Waals surface area (Å²) in [7, 11) is -3.66. The van der Waals surface area contributed by atoms with Crippen LogP contribution in [0.5, 0.6) is 5.75 Å². The van der Waals surface area contributed by atoms with Crippen LogP contribution in [0.25, 0.3) is 0 Å². The summed E-state index contributed by atoms with van der Waals surface area (Å²) in [5, 5.41) is 2.95. The van der Waals surface area contributed by atoms with E-state index in [1.54, 1.807) is 42.5 Å². The molecule has 186 valence electrons. The molecule has 8 heteroatoms. The van der Waals surface area contributed by atoms with Gasteiger partial charge in [-0.25, -0.2) is 12.8 Å². The van der Waals surface area contributed by atoms with Gasteiger partial charge in [-0.2, -0.15) is 0 Å². The number of amides is 1. The summed E-state index contributed by atoms with van der Waals surface area (Å²) in [6, 6.07) is 16.4. The van der Waals surface area contributed by atoms with E-state index in [0.29, 0.717) is 11.4 Å². The number of rotatable bonds is 9. The molecular formula is C27H31FN2O4S. The number of hydrogen-bond donors (Lipinski definition) is 1. The van der Waals surface area contributed by atoms with Crippen molar-refractivity contribution in [3.8, 4) is 5.75 Å². The average Bonchev–Trinajstić information content (AvgIpc) is 2.79. The Hall–Kier alpha value is -3.39. The van der Waals surface area contributed by atoms with Crippen LogP contribution in [0, 0.1) is 26.6 Å². The van der Waals surface area contributed by atoms with Crippen LogP contribution in [0.1, 0.15) is 40.8 Å². The maximum atomic E-state index is 14.1. The Morgan fingerprint density at radius 1 is 1.00 bits per heavy atom. The van der Waals surface area contributed by atoms with E-state index >= 15 is 0 Å². The van der Waals surface area contributed by atoms with Crippen molar-refractivity contribution in [3.63, 3.8) is 0 Å². The largest absolute Gasteiger partial charge is 0.484 e. The third-order valence-electron chi connectivity index (χ3n) is 5.89. The lowest BCUT2D eigenvalue weighted by molar-refractivity contribution is -0.123. The lowest BCUT2D eigenvalue weighted by Crippen LogP contribution is -2.31. The maximum absolute atomic E-state index is 14.1. The Kier molecular flexibility index (Phi) is 8.17. The Balaban J connectivity index is 1.63. The van der Waals surface area contributed by atoms with Crippen LogP contribution >= 0.6 is 0 Å². The maximum Gasteiger partial charge on any atom is 0.258 e. The zero-order valence-electron chi connectivity index (χ0n) is 20.6. The quantitative estimate of drug-likeness (QED) is 0.452. The summed E-state index contributed by atoms with van der Waals surface area (Å²) < 4.78 is 45.5. The van der Waals surface area contributed by atoms with Gasteiger partial charge in [0.1, 0.15) is 11.6 Å². The molecule has 6 nitrogen and oxygen atoms in total. The van der Waals surface area contributed by atoms with Gasteiger partial charge in [0, 0.05) is 5.56 Å². The predicted octanol–water partition coefficient (Wildman–Crippen LogP) is 4.97. The van der Waals surface area contributed by atoms with Gasteiger partial charge in [0.2, 0.25) is 10.0 Å². The number of halogens is 1. The molecule has 3 aromatic rings. The average molecular weight is 499 g/mol.